The van der Waals surface area contributed by atoms with Gasteiger partial charge in [-0.3, -0.25) is 0 Å². The van der Waals surface area contributed by atoms with Crippen LogP contribution in [-0.2, 0) is 9.47 Å². The van der Waals surface area contributed by atoms with Gasteiger partial charge >= 0.3 is 0 Å². The number of anilines is 2. The highest BCUT2D eigenvalue weighted by Crippen LogP contribution is 2.28. The number of rotatable bonds is 8. The molecule has 5 rings (SSSR count). The van der Waals surface area contributed by atoms with Crippen molar-refractivity contribution in [2.75, 3.05) is 43.6 Å². The van der Waals surface area contributed by atoms with Crippen LogP contribution in [0, 0.1) is 5.41 Å². The summed E-state index contributed by atoms with van der Waals surface area (Å²) in [5.41, 5.74) is 5.38. The molecule has 0 radical (unpaired) electrons. The molecule has 2 fully saturated rings. The third-order valence-electron chi connectivity index (χ3n) is 6.98. The van der Waals surface area contributed by atoms with Gasteiger partial charge in [-0.2, -0.15) is 5.10 Å². The van der Waals surface area contributed by atoms with Crippen molar-refractivity contribution in [3.63, 3.8) is 0 Å². The Labute approximate surface area is 206 Å². The molecule has 0 bridgehead atoms. The highest BCUT2D eigenvalue weighted by Gasteiger charge is 2.22. The van der Waals surface area contributed by atoms with Gasteiger partial charge in [0.2, 0.25) is 0 Å². The number of nitrogens with zero attached hydrogens (tertiary/aromatic N) is 4. The van der Waals surface area contributed by atoms with Gasteiger partial charge in [0.1, 0.15) is 5.82 Å². The fraction of sp³-hybridized carbons (Fsp3) is 0.444. The Morgan fingerprint density at radius 2 is 1.86 bits per heavy atom. The minimum Gasteiger partial charge on any atom is -0.381 e. The van der Waals surface area contributed by atoms with E-state index in [1.165, 1.54) is 5.69 Å². The van der Waals surface area contributed by atoms with Crippen molar-refractivity contribution in [2.45, 2.75) is 44.8 Å². The number of aromatic nitrogens is 3. The zero-order chi connectivity index (χ0) is 24.2. The maximum absolute atomic E-state index is 8.44. The van der Waals surface area contributed by atoms with Crippen LogP contribution < -0.4 is 10.2 Å². The molecule has 0 saturated carbocycles. The fourth-order valence-electron chi connectivity index (χ4n) is 4.84. The van der Waals surface area contributed by atoms with E-state index in [2.05, 4.69) is 39.6 Å². The molecule has 1 unspecified atom stereocenters. The van der Waals surface area contributed by atoms with E-state index >= 15 is 0 Å². The Kier molecular flexibility index (Phi) is 7.11. The molecule has 0 aliphatic carbocycles. The van der Waals surface area contributed by atoms with Crippen molar-refractivity contribution < 1.29 is 9.47 Å². The van der Waals surface area contributed by atoms with Crippen LogP contribution in [0.1, 0.15) is 38.2 Å². The molecule has 2 aliphatic heterocycles. The molecule has 0 spiro atoms. The summed E-state index contributed by atoms with van der Waals surface area (Å²) in [6.45, 7) is 5.45. The third-order valence-corrected chi connectivity index (χ3v) is 6.98. The van der Waals surface area contributed by atoms with Crippen LogP contribution in [0.15, 0.2) is 48.7 Å². The van der Waals surface area contributed by atoms with Crippen molar-refractivity contribution in [1.82, 2.24) is 14.8 Å². The number of pyridine rings is 1. The van der Waals surface area contributed by atoms with E-state index in [1.54, 1.807) is 7.11 Å². The van der Waals surface area contributed by atoms with Gasteiger partial charge < -0.3 is 25.1 Å². The maximum Gasteiger partial charge on any atom is 0.136 e. The maximum atomic E-state index is 8.44. The molecule has 2 aliphatic rings. The molecule has 0 amide bonds. The number of hydrogen-bond donors (Lipinski definition) is 2. The summed E-state index contributed by atoms with van der Waals surface area (Å²) >= 11 is 0. The summed E-state index contributed by atoms with van der Waals surface area (Å²) in [6.07, 6.45) is 5.72. The Morgan fingerprint density at radius 1 is 1.09 bits per heavy atom. The lowest BCUT2D eigenvalue weighted by molar-refractivity contribution is 0.0904. The van der Waals surface area contributed by atoms with Crippen LogP contribution in [0.2, 0.25) is 0 Å². The number of benzene rings is 1. The largest absolute Gasteiger partial charge is 0.381 e. The van der Waals surface area contributed by atoms with Gasteiger partial charge in [-0.15, -0.1) is 0 Å². The Balaban J connectivity index is 1.42. The molecule has 8 heteroatoms. The molecule has 2 aromatic heterocycles. The predicted octanol–water partition coefficient (Wildman–Crippen LogP) is 4.53. The van der Waals surface area contributed by atoms with Gasteiger partial charge in [0.15, 0.2) is 0 Å². The van der Waals surface area contributed by atoms with Crippen molar-refractivity contribution in [3.05, 3.63) is 54.2 Å². The van der Waals surface area contributed by atoms with Crippen LogP contribution in [0.5, 0.6) is 0 Å². The van der Waals surface area contributed by atoms with Gasteiger partial charge in [-0.25, -0.2) is 9.67 Å². The third kappa shape index (κ3) is 5.09. The van der Waals surface area contributed by atoms with Crippen molar-refractivity contribution >= 4 is 17.2 Å². The summed E-state index contributed by atoms with van der Waals surface area (Å²) in [6, 6.07) is 14.8. The lowest BCUT2D eigenvalue weighted by Gasteiger charge is -2.25. The van der Waals surface area contributed by atoms with Gasteiger partial charge in [0.25, 0.3) is 0 Å². The Morgan fingerprint density at radius 3 is 2.57 bits per heavy atom. The average molecular weight is 475 g/mol. The summed E-state index contributed by atoms with van der Waals surface area (Å²) in [4.78, 5) is 7.35. The van der Waals surface area contributed by atoms with Crippen LogP contribution in [0.3, 0.4) is 0 Å². The standard InChI is InChI=1S/C27H34N6O2/c1-3-24(28)23-8-9-25(31-27(23)30-19-12-16-35-17-13-19)26-10-14-29-33(26)21-6-4-20(5-7-21)32-15-11-22(18-32)34-2/h4-10,14,19,22,28H,3,11-13,15-18H2,1-2H3,(H,30,31). The lowest BCUT2D eigenvalue weighted by atomic mass is 10.1. The molecule has 1 aromatic carbocycles. The molecule has 8 nitrogen and oxygen atoms in total. The molecule has 2 saturated heterocycles. The minimum atomic E-state index is 0.302. The molecular formula is C27H34N6O2. The van der Waals surface area contributed by atoms with E-state index < -0.39 is 0 Å². The minimum absolute atomic E-state index is 0.302. The van der Waals surface area contributed by atoms with E-state index in [0.29, 0.717) is 24.3 Å². The molecule has 4 heterocycles. The first-order chi connectivity index (χ1) is 17.2. The number of methoxy groups -OCH3 is 1. The normalized spacial score (nSPS) is 18.7. The van der Waals surface area contributed by atoms with Crippen LogP contribution in [-0.4, -0.2) is 66.0 Å². The highest BCUT2D eigenvalue weighted by atomic mass is 16.5. The topological polar surface area (TPSA) is 88.3 Å². The van der Waals surface area contributed by atoms with E-state index in [9.17, 15) is 0 Å². The first-order valence-corrected chi connectivity index (χ1v) is 12.5. The molecule has 2 N–H and O–H groups in total. The van der Waals surface area contributed by atoms with Crippen molar-refractivity contribution in [2.24, 2.45) is 0 Å². The summed E-state index contributed by atoms with van der Waals surface area (Å²) < 4.78 is 13.0. The molecule has 35 heavy (non-hydrogen) atoms. The second-order valence-corrected chi connectivity index (χ2v) is 9.19. The van der Waals surface area contributed by atoms with Crippen LogP contribution >= 0.6 is 0 Å². The summed E-state index contributed by atoms with van der Waals surface area (Å²) in [7, 11) is 1.78. The lowest BCUT2D eigenvalue weighted by Crippen LogP contribution is -2.29. The smallest absolute Gasteiger partial charge is 0.136 e. The molecule has 184 valence electrons. The molecular weight excluding hydrogens is 440 g/mol. The second-order valence-electron chi connectivity index (χ2n) is 9.19. The van der Waals surface area contributed by atoms with Gasteiger partial charge in [-0.1, -0.05) is 6.92 Å². The Hall–Kier alpha value is -3.23. The van der Waals surface area contributed by atoms with E-state index in [-0.39, 0.29) is 0 Å². The van der Waals surface area contributed by atoms with Gasteiger partial charge in [0.05, 0.1) is 29.4 Å². The average Bonchev–Trinajstić information content (AvgIpc) is 3.59. The zero-order valence-corrected chi connectivity index (χ0v) is 20.5. The Bertz CT molecular complexity index is 1150. The number of ether oxygens (including phenoxy) is 2. The van der Waals surface area contributed by atoms with E-state index in [1.807, 2.05) is 36.0 Å². The number of hydrogen-bond acceptors (Lipinski definition) is 7. The quantitative estimate of drug-likeness (QED) is 0.467. The summed E-state index contributed by atoms with van der Waals surface area (Å²) in [5, 5.41) is 16.6. The zero-order valence-electron chi connectivity index (χ0n) is 20.5. The first kappa shape index (κ1) is 23.5. The van der Waals surface area contributed by atoms with E-state index in [0.717, 1.165) is 74.0 Å². The van der Waals surface area contributed by atoms with Gasteiger partial charge in [-0.05, 0) is 68.1 Å². The summed E-state index contributed by atoms with van der Waals surface area (Å²) in [5.74, 6) is 0.770. The monoisotopic (exact) mass is 474 g/mol. The predicted molar refractivity (Wildman–Crippen MR) is 139 cm³/mol. The van der Waals surface area contributed by atoms with Crippen LogP contribution in [0.4, 0.5) is 11.5 Å². The molecule has 3 aromatic rings. The van der Waals surface area contributed by atoms with Crippen LogP contribution in [0.25, 0.3) is 17.1 Å². The van der Waals surface area contributed by atoms with Crippen molar-refractivity contribution in [1.29, 1.82) is 5.41 Å². The van der Waals surface area contributed by atoms with E-state index in [4.69, 9.17) is 19.9 Å². The molecule has 1 atom stereocenters. The SMILES string of the molecule is CCC(=N)c1ccc(-c2ccnn2-c2ccc(N3CCC(OC)C3)cc2)nc1NC1CCOCC1. The van der Waals surface area contributed by atoms with Crippen molar-refractivity contribution in [3.8, 4) is 17.1 Å². The fourth-order valence-corrected chi connectivity index (χ4v) is 4.84. The van der Waals surface area contributed by atoms with Gasteiger partial charge in [0, 0.05) is 56.4 Å². The number of nitrogens with one attached hydrogen (secondary N) is 2. The highest BCUT2D eigenvalue weighted by molar-refractivity contribution is 6.02. The second kappa shape index (κ2) is 10.6. The first-order valence-electron chi connectivity index (χ1n) is 12.5.